The van der Waals surface area contributed by atoms with Crippen molar-refractivity contribution in [1.29, 1.82) is 0 Å². The molecule has 0 fully saturated rings. The molecular formula is C12H13ClFN3S. The minimum atomic E-state index is -0.411. The van der Waals surface area contributed by atoms with Crippen LogP contribution in [0.1, 0.15) is 22.2 Å². The maximum absolute atomic E-state index is 13.4. The average Bonchev–Trinajstić information content (AvgIpc) is 2.77. The van der Waals surface area contributed by atoms with E-state index >= 15 is 0 Å². The van der Waals surface area contributed by atoms with Gasteiger partial charge in [0.15, 0.2) is 0 Å². The fourth-order valence-electron chi connectivity index (χ4n) is 1.80. The van der Waals surface area contributed by atoms with Crippen molar-refractivity contribution in [3.8, 4) is 0 Å². The minimum Gasteiger partial charge on any atom is -0.271 e. The van der Waals surface area contributed by atoms with Gasteiger partial charge in [0.25, 0.3) is 0 Å². The van der Waals surface area contributed by atoms with Gasteiger partial charge >= 0.3 is 0 Å². The summed E-state index contributed by atoms with van der Waals surface area (Å²) in [5.74, 6) is 5.15. The summed E-state index contributed by atoms with van der Waals surface area (Å²) in [4.78, 5) is 5.22. The Kier molecular flexibility index (Phi) is 4.29. The molecule has 1 aromatic carbocycles. The standard InChI is InChI=1S/C12H13ClFN3S/c1-7-12(18-6-16-7)10(17-15)5-8-3-2-4-9(14)11(8)13/h2-4,6,10,17H,5,15H2,1H3. The second-order valence-corrected chi connectivity index (χ2v) is 5.20. The third kappa shape index (κ3) is 2.70. The van der Waals surface area contributed by atoms with Crippen LogP contribution in [0.3, 0.4) is 0 Å². The van der Waals surface area contributed by atoms with Gasteiger partial charge in [-0.2, -0.15) is 0 Å². The Morgan fingerprint density at radius 1 is 1.56 bits per heavy atom. The van der Waals surface area contributed by atoms with Crippen LogP contribution in [0.25, 0.3) is 0 Å². The third-order valence-electron chi connectivity index (χ3n) is 2.76. The molecule has 1 atom stereocenters. The summed E-state index contributed by atoms with van der Waals surface area (Å²) in [5, 5.41) is 0.153. The number of benzene rings is 1. The molecule has 0 aliphatic rings. The van der Waals surface area contributed by atoms with Gasteiger partial charge < -0.3 is 0 Å². The van der Waals surface area contributed by atoms with Crippen LogP contribution in [0.2, 0.25) is 5.02 Å². The molecule has 2 rings (SSSR count). The largest absolute Gasteiger partial charge is 0.271 e. The molecule has 3 N–H and O–H groups in total. The highest BCUT2D eigenvalue weighted by Crippen LogP contribution is 2.28. The first-order chi connectivity index (χ1) is 8.63. The van der Waals surface area contributed by atoms with E-state index in [1.165, 1.54) is 17.4 Å². The Labute approximate surface area is 114 Å². The molecule has 0 aliphatic carbocycles. The van der Waals surface area contributed by atoms with E-state index in [1.807, 2.05) is 6.92 Å². The van der Waals surface area contributed by atoms with Crippen LogP contribution in [0, 0.1) is 12.7 Å². The predicted molar refractivity (Wildman–Crippen MR) is 72.0 cm³/mol. The first-order valence-electron chi connectivity index (χ1n) is 5.42. The summed E-state index contributed by atoms with van der Waals surface area (Å²) in [6, 6.07) is 4.67. The summed E-state index contributed by atoms with van der Waals surface area (Å²) in [7, 11) is 0. The van der Waals surface area contributed by atoms with Gasteiger partial charge in [-0.3, -0.25) is 11.3 Å². The topological polar surface area (TPSA) is 50.9 Å². The molecule has 1 heterocycles. The van der Waals surface area contributed by atoms with Gasteiger partial charge in [-0.15, -0.1) is 11.3 Å². The van der Waals surface area contributed by atoms with Crippen molar-refractivity contribution in [1.82, 2.24) is 10.4 Å². The number of nitrogens with two attached hydrogens (primary N) is 1. The highest BCUT2D eigenvalue weighted by atomic mass is 35.5. The number of rotatable bonds is 4. The molecule has 2 aromatic rings. The molecule has 3 nitrogen and oxygen atoms in total. The van der Waals surface area contributed by atoms with Gasteiger partial charge in [0.2, 0.25) is 0 Å². The number of hydrogen-bond acceptors (Lipinski definition) is 4. The van der Waals surface area contributed by atoms with E-state index in [1.54, 1.807) is 17.6 Å². The highest BCUT2D eigenvalue weighted by Gasteiger charge is 2.17. The van der Waals surface area contributed by atoms with E-state index < -0.39 is 5.82 Å². The van der Waals surface area contributed by atoms with Gasteiger partial charge in [0.1, 0.15) is 5.82 Å². The number of aryl methyl sites for hydroxylation is 1. The van der Waals surface area contributed by atoms with E-state index in [0.29, 0.717) is 6.42 Å². The Hall–Kier alpha value is -1.01. The lowest BCUT2D eigenvalue weighted by atomic mass is 10.0. The van der Waals surface area contributed by atoms with Crippen LogP contribution in [-0.2, 0) is 6.42 Å². The van der Waals surface area contributed by atoms with E-state index in [0.717, 1.165) is 16.1 Å². The molecule has 1 aromatic heterocycles. The highest BCUT2D eigenvalue weighted by molar-refractivity contribution is 7.09. The van der Waals surface area contributed by atoms with Crippen LogP contribution in [0.4, 0.5) is 4.39 Å². The minimum absolute atomic E-state index is 0.114. The van der Waals surface area contributed by atoms with Crippen LogP contribution in [0.15, 0.2) is 23.7 Å². The number of hydrogen-bond donors (Lipinski definition) is 2. The van der Waals surface area contributed by atoms with Crippen LogP contribution in [0.5, 0.6) is 0 Å². The smallest absolute Gasteiger partial charge is 0.142 e. The normalized spacial score (nSPS) is 12.7. The lowest BCUT2D eigenvalue weighted by Gasteiger charge is -2.16. The SMILES string of the molecule is Cc1ncsc1C(Cc1cccc(F)c1Cl)NN. The zero-order valence-corrected chi connectivity index (χ0v) is 11.4. The first kappa shape index (κ1) is 13.4. The van der Waals surface area contributed by atoms with Crippen molar-refractivity contribution in [3.63, 3.8) is 0 Å². The second-order valence-electron chi connectivity index (χ2n) is 3.94. The fraction of sp³-hybridized carbons (Fsp3) is 0.250. The number of nitrogens with one attached hydrogen (secondary N) is 1. The monoisotopic (exact) mass is 285 g/mol. The van der Waals surface area contributed by atoms with Crippen molar-refractivity contribution in [2.45, 2.75) is 19.4 Å². The first-order valence-corrected chi connectivity index (χ1v) is 6.68. The molecule has 0 bridgehead atoms. The summed E-state index contributed by atoms with van der Waals surface area (Å²) in [6.07, 6.45) is 0.524. The molecule has 0 saturated carbocycles. The van der Waals surface area contributed by atoms with Gasteiger partial charge in [-0.1, -0.05) is 23.7 Å². The van der Waals surface area contributed by atoms with Crippen LogP contribution < -0.4 is 11.3 Å². The molecular weight excluding hydrogens is 273 g/mol. The van der Waals surface area contributed by atoms with E-state index in [4.69, 9.17) is 17.4 Å². The molecule has 96 valence electrons. The maximum atomic E-state index is 13.4. The predicted octanol–water partition coefficient (Wildman–Crippen LogP) is 2.99. The zero-order chi connectivity index (χ0) is 13.1. The number of thiazole rings is 1. The van der Waals surface area contributed by atoms with E-state index in [-0.39, 0.29) is 11.1 Å². The quantitative estimate of drug-likeness (QED) is 0.671. The average molecular weight is 286 g/mol. The second kappa shape index (κ2) is 5.75. The summed E-state index contributed by atoms with van der Waals surface area (Å²) < 4.78 is 13.4. The van der Waals surface area contributed by atoms with Crippen molar-refractivity contribution < 1.29 is 4.39 Å². The van der Waals surface area contributed by atoms with Gasteiger partial charge in [-0.25, -0.2) is 9.37 Å². The summed E-state index contributed by atoms with van der Waals surface area (Å²) in [5.41, 5.74) is 6.15. The van der Waals surface area contributed by atoms with Gasteiger partial charge in [0, 0.05) is 4.88 Å². The summed E-state index contributed by atoms with van der Waals surface area (Å²) in [6.45, 7) is 1.92. The van der Waals surface area contributed by atoms with Crippen LogP contribution in [-0.4, -0.2) is 4.98 Å². The van der Waals surface area contributed by atoms with E-state index in [2.05, 4.69) is 10.4 Å². The Balaban J connectivity index is 2.26. The molecule has 1 unspecified atom stereocenters. The van der Waals surface area contributed by atoms with Crippen molar-refractivity contribution in [2.75, 3.05) is 0 Å². The number of halogens is 2. The Bertz CT molecular complexity index is 544. The fourth-order valence-corrected chi connectivity index (χ4v) is 2.87. The number of hydrazine groups is 1. The third-order valence-corrected chi connectivity index (χ3v) is 4.22. The van der Waals surface area contributed by atoms with Gasteiger partial charge in [-0.05, 0) is 25.0 Å². The number of nitrogens with zero attached hydrogens (tertiary/aromatic N) is 1. The molecule has 18 heavy (non-hydrogen) atoms. The van der Waals surface area contributed by atoms with Gasteiger partial charge in [0.05, 0.1) is 22.3 Å². The molecule has 0 aliphatic heterocycles. The maximum Gasteiger partial charge on any atom is 0.142 e. The van der Waals surface area contributed by atoms with Crippen molar-refractivity contribution in [2.24, 2.45) is 5.84 Å². The van der Waals surface area contributed by atoms with Crippen LogP contribution >= 0.6 is 22.9 Å². The zero-order valence-electron chi connectivity index (χ0n) is 9.78. The molecule has 0 spiro atoms. The molecule has 6 heteroatoms. The van der Waals surface area contributed by atoms with Crippen molar-refractivity contribution >= 4 is 22.9 Å². The lowest BCUT2D eigenvalue weighted by molar-refractivity contribution is 0.553. The van der Waals surface area contributed by atoms with E-state index in [9.17, 15) is 4.39 Å². The Morgan fingerprint density at radius 2 is 2.33 bits per heavy atom. The summed E-state index contributed by atoms with van der Waals surface area (Å²) >= 11 is 7.46. The number of aromatic nitrogens is 1. The lowest BCUT2D eigenvalue weighted by Crippen LogP contribution is -2.29. The molecule has 0 radical (unpaired) electrons. The van der Waals surface area contributed by atoms with Crippen molar-refractivity contribution in [3.05, 3.63) is 50.7 Å². The molecule has 0 amide bonds. The Morgan fingerprint density at radius 3 is 2.94 bits per heavy atom. The molecule has 0 saturated heterocycles.